The number of pyridine rings is 1. The first kappa shape index (κ1) is 20.4. The van der Waals surface area contributed by atoms with Gasteiger partial charge in [0.25, 0.3) is 0 Å². The smallest absolute Gasteiger partial charge is 0.191 e. The van der Waals surface area contributed by atoms with Crippen LogP contribution in [0.4, 0.5) is 0 Å². The Hall–Kier alpha value is -3.35. The minimum absolute atomic E-state index is 0.547. The molecule has 0 unspecified atom stereocenters. The van der Waals surface area contributed by atoms with E-state index in [1.54, 1.807) is 18.7 Å². The van der Waals surface area contributed by atoms with Gasteiger partial charge in [0.15, 0.2) is 5.96 Å². The molecule has 3 aromatic rings. The first-order chi connectivity index (χ1) is 14.2. The van der Waals surface area contributed by atoms with Crippen molar-refractivity contribution in [1.29, 1.82) is 0 Å². The van der Waals surface area contributed by atoms with E-state index in [4.69, 9.17) is 9.73 Å². The number of guanidine groups is 1. The Balaban J connectivity index is 1.69. The fraction of sp³-hybridized carbons (Fsp3) is 0.318. The highest BCUT2D eigenvalue weighted by Gasteiger charge is 2.06. The molecule has 0 saturated heterocycles. The zero-order valence-electron chi connectivity index (χ0n) is 17.2. The first-order valence-electron chi connectivity index (χ1n) is 9.87. The molecule has 0 fully saturated rings. The number of aromatic nitrogens is 3. The fourth-order valence-electron chi connectivity index (χ4n) is 2.88. The molecule has 7 nitrogen and oxygen atoms in total. The number of aliphatic imine (C=N–C) groups is 1. The Morgan fingerprint density at radius 2 is 2.03 bits per heavy atom. The van der Waals surface area contributed by atoms with Gasteiger partial charge in [-0.15, -0.1) is 0 Å². The molecule has 0 aliphatic carbocycles. The molecule has 2 aromatic heterocycles. The number of hydrogen-bond donors (Lipinski definition) is 2. The van der Waals surface area contributed by atoms with Gasteiger partial charge < -0.3 is 15.4 Å². The lowest BCUT2D eigenvalue weighted by Gasteiger charge is -2.15. The highest BCUT2D eigenvalue weighted by atomic mass is 16.5. The van der Waals surface area contributed by atoms with Gasteiger partial charge in [-0.3, -0.25) is 4.57 Å². The lowest BCUT2D eigenvalue weighted by Crippen LogP contribution is -2.36. The second-order valence-corrected chi connectivity index (χ2v) is 6.59. The quantitative estimate of drug-likeness (QED) is 0.455. The van der Waals surface area contributed by atoms with Crippen LogP contribution >= 0.6 is 0 Å². The summed E-state index contributed by atoms with van der Waals surface area (Å²) in [5, 5.41) is 6.69. The maximum atomic E-state index is 5.77. The molecule has 0 radical (unpaired) electrons. The van der Waals surface area contributed by atoms with Crippen LogP contribution in [0.3, 0.4) is 0 Å². The molecule has 7 heteroatoms. The van der Waals surface area contributed by atoms with Crippen LogP contribution in [-0.2, 0) is 13.1 Å². The Bertz CT molecular complexity index is 936. The molecular formula is C22H28N6O. The predicted molar refractivity (Wildman–Crippen MR) is 115 cm³/mol. The molecule has 1 aromatic carbocycles. The lowest BCUT2D eigenvalue weighted by molar-refractivity contribution is 0.336. The van der Waals surface area contributed by atoms with E-state index in [0.717, 1.165) is 35.2 Å². The van der Waals surface area contributed by atoms with Crippen molar-refractivity contribution < 1.29 is 4.74 Å². The molecule has 0 aliphatic heterocycles. The monoisotopic (exact) mass is 392 g/mol. The third-order valence-corrected chi connectivity index (χ3v) is 4.31. The average molecular weight is 393 g/mol. The van der Waals surface area contributed by atoms with Gasteiger partial charge in [0.2, 0.25) is 0 Å². The van der Waals surface area contributed by atoms with Gasteiger partial charge in [-0.05, 0) is 50.1 Å². The number of nitrogens with one attached hydrogen (secondary N) is 2. The van der Waals surface area contributed by atoms with Gasteiger partial charge >= 0.3 is 0 Å². The lowest BCUT2D eigenvalue weighted by atomic mass is 10.1. The zero-order valence-corrected chi connectivity index (χ0v) is 17.2. The minimum Gasteiger partial charge on any atom is -0.494 e. The summed E-state index contributed by atoms with van der Waals surface area (Å²) in [4.78, 5) is 13.2. The minimum atomic E-state index is 0.547. The number of hydrogen-bond acceptors (Lipinski definition) is 4. The van der Waals surface area contributed by atoms with Crippen molar-refractivity contribution >= 4 is 5.96 Å². The van der Waals surface area contributed by atoms with E-state index in [2.05, 4.69) is 52.6 Å². The summed E-state index contributed by atoms with van der Waals surface area (Å²) in [5.74, 6) is 2.50. The number of aryl methyl sites for hydroxylation is 1. The summed E-state index contributed by atoms with van der Waals surface area (Å²) in [6.07, 6.45) is 7.14. The van der Waals surface area contributed by atoms with E-state index in [9.17, 15) is 0 Å². The van der Waals surface area contributed by atoms with Crippen LogP contribution in [0.25, 0.3) is 5.82 Å². The van der Waals surface area contributed by atoms with Crippen molar-refractivity contribution in [1.82, 2.24) is 25.2 Å². The summed E-state index contributed by atoms with van der Waals surface area (Å²) < 4.78 is 7.65. The van der Waals surface area contributed by atoms with Crippen molar-refractivity contribution in [3.63, 3.8) is 0 Å². The van der Waals surface area contributed by atoms with Crippen LogP contribution in [0.5, 0.6) is 5.75 Å². The van der Waals surface area contributed by atoms with Crippen molar-refractivity contribution in [3.8, 4) is 11.6 Å². The predicted octanol–water partition coefficient (Wildman–Crippen LogP) is 3.23. The molecular weight excluding hydrogens is 364 g/mol. The maximum Gasteiger partial charge on any atom is 0.191 e. The second kappa shape index (κ2) is 10.3. The highest BCUT2D eigenvalue weighted by molar-refractivity contribution is 5.79. The van der Waals surface area contributed by atoms with E-state index < -0.39 is 0 Å². The SMILES string of the molecule is CCNC(=NCc1ccnc(-n2ccnc2)c1)NCc1ccc(C)cc1OCC. The molecule has 0 atom stereocenters. The number of nitrogens with zero attached hydrogens (tertiary/aromatic N) is 4. The van der Waals surface area contributed by atoms with E-state index >= 15 is 0 Å². The Kier molecular flexibility index (Phi) is 7.22. The summed E-state index contributed by atoms with van der Waals surface area (Å²) in [7, 11) is 0. The molecule has 0 amide bonds. The van der Waals surface area contributed by atoms with Crippen LogP contribution < -0.4 is 15.4 Å². The molecule has 3 rings (SSSR count). The number of imidazole rings is 1. The van der Waals surface area contributed by atoms with Crippen LogP contribution in [0.2, 0.25) is 0 Å². The summed E-state index contributed by atoms with van der Waals surface area (Å²) >= 11 is 0. The maximum absolute atomic E-state index is 5.77. The van der Waals surface area contributed by atoms with Gasteiger partial charge in [-0.2, -0.15) is 0 Å². The Labute approximate surface area is 171 Å². The molecule has 29 heavy (non-hydrogen) atoms. The summed E-state index contributed by atoms with van der Waals surface area (Å²) in [6, 6.07) is 10.2. The largest absolute Gasteiger partial charge is 0.494 e. The van der Waals surface area contributed by atoms with Crippen LogP contribution in [-0.4, -0.2) is 33.6 Å². The Morgan fingerprint density at radius 1 is 1.14 bits per heavy atom. The Morgan fingerprint density at radius 3 is 2.79 bits per heavy atom. The summed E-state index contributed by atoms with van der Waals surface area (Å²) in [5.41, 5.74) is 3.37. The van der Waals surface area contributed by atoms with E-state index in [1.807, 2.05) is 29.8 Å². The van der Waals surface area contributed by atoms with Crippen LogP contribution in [0.1, 0.15) is 30.5 Å². The van der Waals surface area contributed by atoms with E-state index in [1.165, 1.54) is 5.56 Å². The molecule has 2 heterocycles. The molecule has 0 aliphatic rings. The number of ether oxygens (including phenoxy) is 1. The van der Waals surface area contributed by atoms with Crippen molar-refractivity contribution in [2.24, 2.45) is 4.99 Å². The summed E-state index contributed by atoms with van der Waals surface area (Å²) in [6.45, 7) is 8.73. The van der Waals surface area contributed by atoms with Gasteiger partial charge in [0.1, 0.15) is 17.9 Å². The molecule has 0 spiro atoms. The van der Waals surface area contributed by atoms with Crippen molar-refractivity contribution in [2.75, 3.05) is 13.2 Å². The van der Waals surface area contributed by atoms with Crippen LogP contribution in [0.15, 0.2) is 60.2 Å². The highest BCUT2D eigenvalue weighted by Crippen LogP contribution is 2.20. The molecule has 152 valence electrons. The number of benzene rings is 1. The average Bonchev–Trinajstić information content (AvgIpc) is 3.27. The number of rotatable bonds is 8. The standard InChI is InChI=1S/C22H28N6O/c1-4-24-22(27-15-19-7-6-17(3)12-20(19)29-5-2)26-14-18-8-9-25-21(13-18)28-11-10-23-16-28/h6-13,16H,4-5,14-15H2,1-3H3,(H2,24,26,27). The topological polar surface area (TPSA) is 76.4 Å². The third kappa shape index (κ3) is 5.81. The van der Waals surface area contributed by atoms with E-state index in [0.29, 0.717) is 19.7 Å². The molecule has 2 N–H and O–H groups in total. The van der Waals surface area contributed by atoms with Gasteiger partial charge in [-0.25, -0.2) is 15.0 Å². The van der Waals surface area contributed by atoms with Crippen molar-refractivity contribution in [3.05, 3.63) is 71.9 Å². The van der Waals surface area contributed by atoms with Gasteiger partial charge in [0, 0.05) is 37.2 Å². The van der Waals surface area contributed by atoms with Crippen LogP contribution in [0, 0.1) is 6.92 Å². The first-order valence-corrected chi connectivity index (χ1v) is 9.87. The second-order valence-electron chi connectivity index (χ2n) is 6.59. The fourth-order valence-corrected chi connectivity index (χ4v) is 2.88. The van der Waals surface area contributed by atoms with E-state index in [-0.39, 0.29) is 0 Å². The molecule has 0 bridgehead atoms. The normalized spacial score (nSPS) is 11.3. The van der Waals surface area contributed by atoms with Crippen molar-refractivity contribution in [2.45, 2.75) is 33.9 Å². The van der Waals surface area contributed by atoms with Gasteiger partial charge in [0.05, 0.1) is 13.2 Å². The zero-order chi connectivity index (χ0) is 20.5. The molecule has 0 saturated carbocycles. The van der Waals surface area contributed by atoms with Gasteiger partial charge in [-0.1, -0.05) is 12.1 Å². The third-order valence-electron chi connectivity index (χ3n) is 4.31.